The number of rotatable bonds is 7. The monoisotopic (exact) mass is 624 g/mol. The maximum absolute atomic E-state index is 5.68. The van der Waals surface area contributed by atoms with E-state index in [0.29, 0.717) is 23.9 Å². The van der Waals surface area contributed by atoms with E-state index in [2.05, 4.69) is 41.4 Å². The third-order valence-corrected chi connectivity index (χ3v) is 8.64. The van der Waals surface area contributed by atoms with E-state index in [1.165, 1.54) is 41.6 Å². The van der Waals surface area contributed by atoms with Crippen LogP contribution < -0.4 is 24.3 Å². The molecule has 238 valence electrons. The molecule has 0 aliphatic carbocycles. The molecule has 0 bridgehead atoms. The molecule has 9 N–H and O–H groups in total. The van der Waals surface area contributed by atoms with Crippen molar-refractivity contribution in [1.29, 1.82) is 0 Å². The summed E-state index contributed by atoms with van der Waals surface area (Å²) in [5.41, 5.74) is 5.60. The zero-order chi connectivity index (χ0) is 24.5. The highest BCUT2D eigenvalue weighted by Crippen LogP contribution is 2.48. The first-order valence-electron chi connectivity index (χ1n) is 13.1. The minimum absolute atomic E-state index is 0. The number of benzene rings is 2. The SMILES string of the molecule is CC[C@H]1CN2CCc3cc(OC)c(OC)cc3[C@@H]2C[C@@H]1C[C@H]1NCCc2cc(OC)c(OC)cc21.Cl.Cl.O.O.O.O. The fourth-order valence-corrected chi connectivity index (χ4v) is 6.74. The van der Waals surface area contributed by atoms with Crippen LogP contribution in [-0.4, -0.2) is 74.9 Å². The Morgan fingerprint density at radius 1 is 0.732 bits per heavy atom. The van der Waals surface area contributed by atoms with E-state index in [1.807, 2.05) is 0 Å². The summed E-state index contributed by atoms with van der Waals surface area (Å²) >= 11 is 0. The Kier molecular flexibility index (Phi) is 17.9. The second-order valence-electron chi connectivity index (χ2n) is 10.2. The lowest BCUT2D eigenvalue weighted by atomic mass is 9.72. The molecule has 4 atom stereocenters. The van der Waals surface area contributed by atoms with Crippen LogP contribution in [0.25, 0.3) is 0 Å². The molecule has 3 aliphatic rings. The number of piperidine rings is 1. The van der Waals surface area contributed by atoms with Crippen molar-refractivity contribution in [2.45, 2.75) is 51.1 Å². The van der Waals surface area contributed by atoms with Crippen LogP contribution in [0.1, 0.15) is 60.5 Å². The molecule has 5 rings (SSSR count). The maximum atomic E-state index is 5.68. The number of halogens is 2. The zero-order valence-electron chi connectivity index (χ0n) is 24.7. The van der Waals surface area contributed by atoms with Gasteiger partial charge in [0.15, 0.2) is 23.0 Å². The summed E-state index contributed by atoms with van der Waals surface area (Å²) in [6, 6.07) is 9.61. The van der Waals surface area contributed by atoms with Crippen LogP contribution in [0.2, 0.25) is 0 Å². The van der Waals surface area contributed by atoms with Crippen LogP contribution in [0.4, 0.5) is 0 Å². The van der Waals surface area contributed by atoms with Crippen molar-refractivity contribution in [2.24, 2.45) is 11.8 Å². The fraction of sp³-hybridized carbons (Fsp3) is 0.586. The lowest BCUT2D eigenvalue weighted by molar-refractivity contribution is 0.0434. The van der Waals surface area contributed by atoms with Gasteiger partial charge in [0.05, 0.1) is 28.4 Å². The van der Waals surface area contributed by atoms with Crippen LogP contribution in [0.5, 0.6) is 23.0 Å². The summed E-state index contributed by atoms with van der Waals surface area (Å²) in [4.78, 5) is 2.72. The van der Waals surface area contributed by atoms with Gasteiger partial charge in [0.1, 0.15) is 0 Å². The van der Waals surface area contributed by atoms with Gasteiger partial charge in [-0.3, -0.25) is 4.90 Å². The smallest absolute Gasteiger partial charge is 0.161 e. The summed E-state index contributed by atoms with van der Waals surface area (Å²) in [5, 5.41) is 3.83. The number of nitrogens with zero attached hydrogens (tertiary/aromatic N) is 1. The van der Waals surface area contributed by atoms with Crippen LogP contribution in [0, 0.1) is 11.8 Å². The first-order chi connectivity index (χ1) is 17.1. The molecule has 0 amide bonds. The third kappa shape index (κ3) is 7.88. The second-order valence-corrected chi connectivity index (χ2v) is 10.2. The highest BCUT2D eigenvalue weighted by Gasteiger charge is 2.40. The molecule has 0 aromatic heterocycles. The standard InChI is InChI=1S/C29H40N2O4.2ClH.4H2O/c1-6-18-17-31-10-8-20-14-27(33-3)29(35-5)16-23(20)25(31)12-21(18)11-24-22-15-28(34-4)26(32-2)13-19(22)7-9-30-24;;;;;;/h13-16,18,21,24-25,30H,6-12,17H2,1-5H3;2*1H;4*1H2/t18-,21-,24+,25-;;;;;;/m0....../s1. The Morgan fingerprint density at radius 2 is 1.24 bits per heavy atom. The van der Waals surface area contributed by atoms with Crippen LogP contribution in [0.3, 0.4) is 0 Å². The number of hydrogen-bond acceptors (Lipinski definition) is 6. The Balaban J connectivity index is 0. The molecule has 2 aromatic carbocycles. The van der Waals surface area contributed by atoms with Crippen LogP contribution in [-0.2, 0) is 12.8 Å². The molecule has 3 aliphatic heterocycles. The van der Waals surface area contributed by atoms with Gasteiger partial charge in [0.25, 0.3) is 0 Å². The molecular formula is C29H50Cl2N2O8. The van der Waals surface area contributed by atoms with E-state index in [1.54, 1.807) is 28.4 Å². The summed E-state index contributed by atoms with van der Waals surface area (Å²) in [6.07, 6.45) is 5.65. The van der Waals surface area contributed by atoms with Gasteiger partial charge in [0.2, 0.25) is 0 Å². The summed E-state index contributed by atoms with van der Waals surface area (Å²) < 4.78 is 22.5. The highest BCUT2D eigenvalue weighted by atomic mass is 35.5. The molecule has 41 heavy (non-hydrogen) atoms. The van der Waals surface area contributed by atoms with E-state index < -0.39 is 0 Å². The predicted molar refractivity (Wildman–Crippen MR) is 167 cm³/mol. The van der Waals surface area contributed by atoms with E-state index in [0.717, 1.165) is 55.4 Å². The average Bonchev–Trinajstić information content (AvgIpc) is 2.91. The van der Waals surface area contributed by atoms with E-state index in [4.69, 9.17) is 18.9 Å². The second kappa shape index (κ2) is 17.8. The van der Waals surface area contributed by atoms with Gasteiger partial charge in [-0.25, -0.2) is 0 Å². The average molecular weight is 626 g/mol. The minimum Gasteiger partial charge on any atom is -0.493 e. The fourth-order valence-electron chi connectivity index (χ4n) is 6.74. The van der Waals surface area contributed by atoms with Gasteiger partial charge < -0.3 is 46.2 Å². The summed E-state index contributed by atoms with van der Waals surface area (Å²) in [5.74, 6) is 4.69. The quantitative estimate of drug-likeness (QED) is 0.494. The number of hydrogen-bond donors (Lipinski definition) is 1. The zero-order valence-corrected chi connectivity index (χ0v) is 26.3. The van der Waals surface area contributed by atoms with Crippen molar-refractivity contribution < 1.29 is 40.9 Å². The van der Waals surface area contributed by atoms with E-state index >= 15 is 0 Å². The van der Waals surface area contributed by atoms with E-state index in [9.17, 15) is 0 Å². The normalized spacial score (nSPS) is 22.0. The Bertz CT molecular complexity index is 1080. The Labute approximate surface area is 256 Å². The van der Waals surface area contributed by atoms with Crippen molar-refractivity contribution in [3.63, 3.8) is 0 Å². The minimum atomic E-state index is 0. The highest BCUT2D eigenvalue weighted by molar-refractivity contribution is 5.85. The number of fused-ring (bicyclic) bond motifs is 4. The molecular weight excluding hydrogens is 575 g/mol. The molecule has 3 heterocycles. The molecule has 0 unspecified atom stereocenters. The first kappa shape index (κ1) is 41.1. The molecule has 10 nitrogen and oxygen atoms in total. The van der Waals surface area contributed by atoms with Crippen molar-refractivity contribution in [2.75, 3.05) is 48.1 Å². The molecule has 0 saturated carbocycles. The van der Waals surface area contributed by atoms with Gasteiger partial charge in [-0.05, 0) is 90.6 Å². The number of ether oxygens (including phenoxy) is 4. The van der Waals surface area contributed by atoms with Gasteiger partial charge in [-0.15, -0.1) is 24.8 Å². The maximum Gasteiger partial charge on any atom is 0.161 e. The Morgan fingerprint density at radius 3 is 1.78 bits per heavy atom. The molecule has 1 saturated heterocycles. The van der Waals surface area contributed by atoms with Crippen LogP contribution >= 0.6 is 24.8 Å². The van der Waals surface area contributed by atoms with Crippen molar-refractivity contribution in [3.05, 3.63) is 46.5 Å². The lowest BCUT2D eigenvalue weighted by Gasteiger charge is -2.48. The van der Waals surface area contributed by atoms with Gasteiger partial charge >= 0.3 is 0 Å². The first-order valence-corrected chi connectivity index (χ1v) is 13.1. The number of methoxy groups -OCH3 is 4. The summed E-state index contributed by atoms with van der Waals surface area (Å²) in [6.45, 7) is 5.66. The van der Waals surface area contributed by atoms with Crippen molar-refractivity contribution in [1.82, 2.24) is 10.2 Å². The molecule has 0 spiro atoms. The van der Waals surface area contributed by atoms with Gasteiger partial charge in [-0.1, -0.05) is 13.3 Å². The third-order valence-electron chi connectivity index (χ3n) is 8.64. The van der Waals surface area contributed by atoms with Crippen molar-refractivity contribution >= 4 is 24.8 Å². The Hall–Kier alpha value is -2.02. The largest absolute Gasteiger partial charge is 0.493 e. The number of nitrogens with one attached hydrogen (secondary N) is 1. The molecule has 1 fully saturated rings. The molecule has 0 radical (unpaired) electrons. The van der Waals surface area contributed by atoms with Gasteiger partial charge in [-0.2, -0.15) is 0 Å². The summed E-state index contributed by atoms with van der Waals surface area (Å²) in [7, 11) is 6.90. The lowest BCUT2D eigenvalue weighted by Crippen LogP contribution is -2.46. The van der Waals surface area contributed by atoms with E-state index in [-0.39, 0.29) is 46.7 Å². The molecule has 12 heteroatoms. The van der Waals surface area contributed by atoms with Crippen LogP contribution in [0.15, 0.2) is 24.3 Å². The van der Waals surface area contributed by atoms with Gasteiger partial charge in [0, 0.05) is 25.2 Å². The molecule has 2 aromatic rings. The topological polar surface area (TPSA) is 178 Å². The van der Waals surface area contributed by atoms with Crippen molar-refractivity contribution in [3.8, 4) is 23.0 Å². The predicted octanol–water partition coefficient (Wildman–Crippen LogP) is 2.49.